The number of amides is 1. The van der Waals surface area contributed by atoms with Crippen LogP contribution in [0.5, 0.6) is 0 Å². The van der Waals surface area contributed by atoms with Crippen LogP contribution in [0, 0.1) is 18.8 Å². The first-order valence-corrected chi connectivity index (χ1v) is 9.98. The molecule has 28 heavy (non-hydrogen) atoms. The molecule has 1 saturated heterocycles. The van der Waals surface area contributed by atoms with E-state index in [4.69, 9.17) is 0 Å². The highest BCUT2D eigenvalue weighted by atomic mass is 16.4. The van der Waals surface area contributed by atoms with Crippen molar-refractivity contribution in [1.82, 2.24) is 14.7 Å². The number of piperidine rings is 1. The molecule has 6 nitrogen and oxygen atoms in total. The molecule has 0 spiro atoms. The number of likely N-dealkylation sites (tertiary alicyclic amines) is 1. The lowest BCUT2D eigenvalue weighted by Crippen LogP contribution is -2.44. The van der Waals surface area contributed by atoms with Gasteiger partial charge in [-0.25, -0.2) is 4.79 Å². The molecule has 1 fully saturated rings. The molecule has 2 aromatic rings. The van der Waals surface area contributed by atoms with Gasteiger partial charge in [-0.15, -0.1) is 0 Å². The van der Waals surface area contributed by atoms with Crippen molar-refractivity contribution in [3.05, 3.63) is 53.3 Å². The number of aromatic nitrogens is 2. The summed E-state index contributed by atoms with van der Waals surface area (Å²) < 4.78 is 1.81. The normalized spacial score (nSPS) is 16.4. The van der Waals surface area contributed by atoms with E-state index in [1.54, 1.807) is 6.92 Å². The van der Waals surface area contributed by atoms with Gasteiger partial charge in [0.15, 0.2) is 0 Å². The molecule has 0 bridgehead atoms. The van der Waals surface area contributed by atoms with Crippen molar-refractivity contribution < 1.29 is 14.7 Å². The van der Waals surface area contributed by atoms with Gasteiger partial charge in [0, 0.05) is 19.0 Å². The van der Waals surface area contributed by atoms with Crippen molar-refractivity contribution in [2.75, 3.05) is 13.1 Å². The first kappa shape index (κ1) is 20.1. The molecule has 1 unspecified atom stereocenters. The average molecular weight is 383 g/mol. The van der Waals surface area contributed by atoms with E-state index in [0.717, 1.165) is 19.3 Å². The first-order chi connectivity index (χ1) is 13.4. The van der Waals surface area contributed by atoms with Gasteiger partial charge in [0.2, 0.25) is 5.91 Å². The van der Waals surface area contributed by atoms with Crippen molar-refractivity contribution in [1.29, 1.82) is 0 Å². The number of carbonyl (C=O) groups is 2. The lowest BCUT2D eigenvalue weighted by atomic mass is 9.87. The van der Waals surface area contributed by atoms with E-state index < -0.39 is 5.97 Å². The molecule has 6 heteroatoms. The third-order valence-corrected chi connectivity index (χ3v) is 5.82. The number of nitrogens with zero attached hydrogens (tertiary/aromatic N) is 3. The molecule has 1 aliphatic rings. The van der Waals surface area contributed by atoms with Crippen molar-refractivity contribution in [2.45, 2.75) is 46.1 Å². The lowest BCUT2D eigenvalue weighted by Gasteiger charge is -2.35. The number of rotatable bonds is 6. The zero-order valence-corrected chi connectivity index (χ0v) is 16.8. The van der Waals surface area contributed by atoms with Crippen molar-refractivity contribution in [3.8, 4) is 0 Å². The van der Waals surface area contributed by atoms with Gasteiger partial charge < -0.3 is 10.0 Å². The smallest absolute Gasteiger partial charge is 0.339 e. The molecule has 1 N–H and O–H groups in total. The zero-order chi connectivity index (χ0) is 20.3. The minimum atomic E-state index is -0.947. The van der Waals surface area contributed by atoms with Crippen molar-refractivity contribution in [3.63, 3.8) is 0 Å². The van der Waals surface area contributed by atoms with Crippen LogP contribution in [0.3, 0.4) is 0 Å². The molecule has 0 saturated carbocycles. The summed E-state index contributed by atoms with van der Waals surface area (Å²) in [5, 5.41) is 13.5. The maximum atomic E-state index is 13.2. The van der Waals surface area contributed by atoms with Crippen molar-refractivity contribution >= 4 is 11.9 Å². The molecule has 1 aromatic heterocycles. The van der Waals surface area contributed by atoms with Gasteiger partial charge in [-0.2, -0.15) is 5.10 Å². The second-order valence-corrected chi connectivity index (χ2v) is 7.99. The van der Waals surface area contributed by atoms with Crippen LogP contribution in [0.1, 0.15) is 54.3 Å². The molecule has 3 rings (SSSR count). The van der Waals surface area contributed by atoms with E-state index in [-0.39, 0.29) is 29.3 Å². The summed E-state index contributed by atoms with van der Waals surface area (Å²) in [6, 6.07) is 10.3. The molecule has 0 radical (unpaired) electrons. The average Bonchev–Trinajstić information content (AvgIpc) is 3.08. The third-order valence-electron chi connectivity index (χ3n) is 5.82. The SMILES string of the molecule is Cc1c(C(=O)O)cnn1C1CCN(C(=O)C(Cc2ccccc2)C(C)C)CC1. The Bertz CT molecular complexity index is 821. The van der Waals surface area contributed by atoms with E-state index in [2.05, 4.69) is 31.1 Å². The van der Waals surface area contributed by atoms with Gasteiger partial charge in [0.1, 0.15) is 5.56 Å². The lowest BCUT2D eigenvalue weighted by molar-refractivity contribution is -0.138. The van der Waals surface area contributed by atoms with Crippen molar-refractivity contribution in [2.24, 2.45) is 11.8 Å². The summed E-state index contributed by atoms with van der Waals surface area (Å²) in [5.74, 6) is -0.473. The van der Waals surface area contributed by atoms with Gasteiger partial charge in [-0.05, 0) is 37.7 Å². The molecule has 2 heterocycles. The number of benzene rings is 1. The highest BCUT2D eigenvalue weighted by Crippen LogP contribution is 2.27. The zero-order valence-electron chi connectivity index (χ0n) is 16.8. The predicted molar refractivity (Wildman–Crippen MR) is 107 cm³/mol. The Balaban J connectivity index is 1.64. The minimum absolute atomic E-state index is 0.0241. The van der Waals surface area contributed by atoms with Gasteiger partial charge in [0.25, 0.3) is 0 Å². The summed E-state index contributed by atoms with van der Waals surface area (Å²) in [5.41, 5.74) is 2.13. The summed E-state index contributed by atoms with van der Waals surface area (Å²) in [6.07, 6.45) is 3.77. The summed E-state index contributed by atoms with van der Waals surface area (Å²) in [4.78, 5) is 26.4. The van der Waals surface area contributed by atoms with Gasteiger partial charge in [-0.1, -0.05) is 44.2 Å². The fourth-order valence-electron chi connectivity index (χ4n) is 4.04. The molecular formula is C22H29N3O3. The molecule has 1 aliphatic heterocycles. The van der Waals surface area contributed by atoms with Crippen LogP contribution >= 0.6 is 0 Å². The Morgan fingerprint density at radius 1 is 1.18 bits per heavy atom. The Morgan fingerprint density at radius 3 is 2.36 bits per heavy atom. The van der Waals surface area contributed by atoms with Gasteiger partial charge >= 0.3 is 5.97 Å². The molecule has 150 valence electrons. The van der Waals surface area contributed by atoms with Crippen LogP contribution in [0.15, 0.2) is 36.5 Å². The quantitative estimate of drug-likeness (QED) is 0.827. The Kier molecular flexibility index (Phi) is 6.17. The van der Waals surface area contributed by atoms with Crippen LogP contribution in [-0.4, -0.2) is 44.8 Å². The van der Waals surface area contributed by atoms with E-state index in [0.29, 0.717) is 18.8 Å². The maximum absolute atomic E-state index is 13.2. The van der Waals surface area contributed by atoms with Crippen LogP contribution in [0.25, 0.3) is 0 Å². The number of carbonyl (C=O) groups excluding carboxylic acids is 1. The van der Waals surface area contributed by atoms with Crippen LogP contribution in [0.4, 0.5) is 0 Å². The van der Waals surface area contributed by atoms with E-state index in [1.807, 2.05) is 27.8 Å². The van der Waals surface area contributed by atoms with Gasteiger partial charge in [-0.3, -0.25) is 9.48 Å². The predicted octanol–water partition coefficient (Wildman–Crippen LogP) is 3.57. The first-order valence-electron chi connectivity index (χ1n) is 9.98. The van der Waals surface area contributed by atoms with Crippen LogP contribution < -0.4 is 0 Å². The molecular weight excluding hydrogens is 354 g/mol. The van der Waals surface area contributed by atoms with E-state index >= 15 is 0 Å². The van der Waals surface area contributed by atoms with Crippen LogP contribution in [0.2, 0.25) is 0 Å². The molecule has 0 aliphatic carbocycles. The standard InChI is InChI=1S/C22H29N3O3/c1-15(2)19(13-17-7-5-4-6-8-17)21(26)24-11-9-18(10-12-24)25-16(3)20(14-23-25)22(27)28/h4-8,14-15,18-19H,9-13H2,1-3H3,(H,27,28). The second kappa shape index (κ2) is 8.59. The minimum Gasteiger partial charge on any atom is -0.478 e. The number of hydrogen-bond acceptors (Lipinski definition) is 3. The molecule has 1 aromatic carbocycles. The molecule has 1 atom stereocenters. The number of hydrogen-bond donors (Lipinski definition) is 1. The largest absolute Gasteiger partial charge is 0.478 e. The maximum Gasteiger partial charge on any atom is 0.339 e. The number of carboxylic acids is 1. The highest BCUT2D eigenvalue weighted by molar-refractivity contribution is 5.88. The summed E-state index contributed by atoms with van der Waals surface area (Å²) in [7, 11) is 0. The summed E-state index contributed by atoms with van der Waals surface area (Å²) in [6.45, 7) is 7.38. The topological polar surface area (TPSA) is 75.4 Å². The summed E-state index contributed by atoms with van der Waals surface area (Å²) >= 11 is 0. The number of carboxylic acid groups (broad SMARTS) is 1. The number of aromatic carboxylic acids is 1. The van der Waals surface area contributed by atoms with Gasteiger partial charge in [0.05, 0.1) is 17.9 Å². The fraction of sp³-hybridized carbons (Fsp3) is 0.500. The van der Waals surface area contributed by atoms with Crippen LogP contribution in [-0.2, 0) is 11.2 Å². The Morgan fingerprint density at radius 2 is 1.82 bits per heavy atom. The molecule has 1 amide bonds. The highest BCUT2D eigenvalue weighted by Gasteiger charge is 2.31. The Labute approximate surface area is 166 Å². The Hall–Kier alpha value is -2.63. The van der Waals surface area contributed by atoms with E-state index in [9.17, 15) is 14.7 Å². The van der Waals surface area contributed by atoms with E-state index in [1.165, 1.54) is 11.8 Å². The second-order valence-electron chi connectivity index (χ2n) is 7.99. The third kappa shape index (κ3) is 4.26. The monoisotopic (exact) mass is 383 g/mol. The fourth-order valence-corrected chi connectivity index (χ4v) is 4.04.